The van der Waals surface area contributed by atoms with Crippen molar-refractivity contribution in [2.24, 2.45) is 10.2 Å². The molecule has 0 saturated carbocycles. The maximum Gasteiger partial charge on any atom is 0.511 e. The van der Waals surface area contributed by atoms with Crippen molar-refractivity contribution >= 4 is 28.4 Å². The Morgan fingerprint density at radius 1 is 0.881 bits per heavy atom. The number of benzene rings is 4. The molecule has 0 aliphatic carbocycles. The quantitative estimate of drug-likeness (QED) is 0.0918. The number of rotatable bonds is 6. The Morgan fingerprint density at radius 3 is 2.26 bits per heavy atom. The molecular formula is C30H22F3N3O6. The number of hydrogen-bond acceptors (Lipinski definition) is 7. The lowest BCUT2D eigenvalue weighted by Crippen LogP contribution is -2.39. The smallest absolute Gasteiger partial charge is 0.505 e. The highest BCUT2D eigenvalue weighted by molar-refractivity contribution is 5.96. The molecule has 1 heterocycles. The van der Waals surface area contributed by atoms with Crippen LogP contribution in [0.15, 0.2) is 101 Å². The van der Waals surface area contributed by atoms with Crippen molar-refractivity contribution < 1.29 is 43.1 Å². The molecular weight excluding hydrogens is 555 g/mol. The van der Waals surface area contributed by atoms with Crippen LogP contribution in [-0.4, -0.2) is 37.3 Å². The number of nitrogens with zero attached hydrogens (tertiary/aromatic N) is 3. The van der Waals surface area contributed by atoms with E-state index in [9.17, 15) is 33.3 Å². The number of carbonyl (C=O) groups is 1. The molecule has 1 aromatic heterocycles. The molecule has 0 radical (unpaired) electrons. The fraction of sp³-hybridized carbons (Fsp3) is 0.100. The highest BCUT2D eigenvalue weighted by atomic mass is 19.4. The molecule has 0 spiro atoms. The van der Waals surface area contributed by atoms with Gasteiger partial charge in [0.05, 0.1) is 5.52 Å². The van der Waals surface area contributed by atoms with Gasteiger partial charge < -0.3 is 25.2 Å². The van der Waals surface area contributed by atoms with Crippen LogP contribution in [0.1, 0.15) is 12.5 Å². The predicted octanol–water partition coefficient (Wildman–Crippen LogP) is 7.95. The molecule has 0 fully saturated rings. The molecule has 214 valence electrons. The summed E-state index contributed by atoms with van der Waals surface area (Å²) in [5.74, 6) is -0.562. The normalized spacial score (nSPS) is 13.4. The van der Waals surface area contributed by atoms with Crippen LogP contribution in [0.4, 0.5) is 29.3 Å². The van der Waals surface area contributed by atoms with E-state index in [4.69, 9.17) is 5.11 Å². The second-order valence-corrected chi connectivity index (χ2v) is 9.41. The van der Waals surface area contributed by atoms with E-state index in [0.717, 1.165) is 12.1 Å². The molecule has 0 bridgehead atoms. The van der Waals surface area contributed by atoms with Crippen molar-refractivity contribution in [1.82, 2.24) is 4.57 Å². The summed E-state index contributed by atoms with van der Waals surface area (Å²) in [6.07, 6.45) is -6.37. The first-order valence-corrected chi connectivity index (χ1v) is 12.4. The minimum atomic E-state index is -4.89. The fourth-order valence-electron chi connectivity index (χ4n) is 4.44. The van der Waals surface area contributed by atoms with Gasteiger partial charge in [0, 0.05) is 16.6 Å². The van der Waals surface area contributed by atoms with E-state index in [-0.39, 0.29) is 34.3 Å². The van der Waals surface area contributed by atoms with E-state index in [1.54, 1.807) is 48.5 Å². The van der Waals surface area contributed by atoms with Crippen LogP contribution in [-0.2, 0) is 5.60 Å². The van der Waals surface area contributed by atoms with E-state index in [0.29, 0.717) is 34.6 Å². The van der Waals surface area contributed by atoms with Crippen LogP contribution >= 0.6 is 0 Å². The average molecular weight is 578 g/mol. The zero-order chi connectivity index (χ0) is 30.2. The topological polar surface area (TPSA) is 137 Å². The van der Waals surface area contributed by atoms with Crippen LogP contribution < -0.4 is 4.74 Å². The van der Waals surface area contributed by atoms with Gasteiger partial charge in [-0.2, -0.15) is 13.2 Å². The number of phenolic OH excluding ortho intramolecular Hbond substituents is 1. The Morgan fingerprint density at radius 2 is 1.57 bits per heavy atom. The van der Waals surface area contributed by atoms with Gasteiger partial charge in [-0.3, -0.25) is 4.57 Å². The van der Waals surface area contributed by atoms with E-state index in [1.165, 1.54) is 34.9 Å². The number of phenols is 1. The molecule has 4 aromatic carbocycles. The lowest BCUT2D eigenvalue weighted by Gasteiger charge is -2.26. The fourth-order valence-corrected chi connectivity index (χ4v) is 4.44. The van der Waals surface area contributed by atoms with Gasteiger partial charge in [-0.05, 0) is 54.4 Å². The van der Waals surface area contributed by atoms with Crippen LogP contribution in [0, 0.1) is 0 Å². The number of aromatic nitrogens is 1. The number of para-hydroxylation sites is 2. The summed E-state index contributed by atoms with van der Waals surface area (Å²) in [5, 5.41) is 49.8. The van der Waals surface area contributed by atoms with Crippen molar-refractivity contribution in [3.63, 3.8) is 0 Å². The lowest BCUT2D eigenvalue weighted by molar-refractivity contribution is -0.258. The number of halogens is 3. The Labute approximate surface area is 236 Å². The first-order valence-electron chi connectivity index (χ1n) is 12.4. The third kappa shape index (κ3) is 5.10. The number of ether oxygens (including phenoxy) is 1. The van der Waals surface area contributed by atoms with Gasteiger partial charge in [-0.25, -0.2) is 4.79 Å². The Bertz CT molecular complexity index is 1830. The minimum absolute atomic E-state index is 0.0404. The largest absolute Gasteiger partial charge is 0.511 e. The Balaban J connectivity index is 1.54. The van der Waals surface area contributed by atoms with Gasteiger partial charge in [0.1, 0.15) is 11.4 Å². The molecule has 9 nitrogen and oxygen atoms in total. The minimum Gasteiger partial charge on any atom is -0.505 e. The summed E-state index contributed by atoms with van der Waals surface area (Å²) in [7, 11) is 0. The predicted molar refractivity (Wildman–Crippen MR) is 147 cm³/mol. The summed E-state index contributed by atoms with van der Waals surface area (Å²) in [6, 6.07) is 22.5. The molecule has 42 heavy (non-hydrogen) atoms. The molecule has 0 saturated heterocycles. The standard InChI is InChI=1S/C30H22F3N3O6/c1-29(41,30(31,32)33)18-12-14-19(15-13-18)36-24-11-3-2-8-22(24)25(27(36)38)35-34-23-10-5-9-21(26(23)37)17-6-4-7-20(16-17)42-28(39)40/h2-16,37-38,41H,1H3,(H,39,40). The van der Waals surface area contributed by atoms with Gasteiger partial charge >= 0.3 is 12.3 Å². The number of hydrogen-bond donors (Lipinski definition) is 4. The highest BCUT2D eigenvalue weighted by Crippen LogP contribution is 2.44. The number of alkyl halides is 3. The molecule has 5 aromatic rings. The second kappa shape index (κ2) is 10.6. The van der Waals surface area contributed by atoms with Crippen molar-refractivity contribution in [1.29, 1.82) is 0 Å². The first-order chi connectivity index (χ1) is 19.9. The van der Waals surface area contributed by atoms with Crippen molar-refractivity contribution in [3.05, 3.63) is 96.6 Å². The summed E-state index contributed by atoms with van der Waals surface area (Å²) >= 11 is 0. The van der Waals surface area contributed by atoms with Gasteiger partial charge in [0.2, 0.25) is 5.88 Å². The van der Waals surface area contributed by atoms with Crippen LogP contribution in [0.3, 0.4) is 0 Å². The maximum atomic E-state index is 13.3. The van der Waals surface area contributed by atoms with Crippen LogP contribution in [0.25, 0.3) is 27.7 Å². The van der Waals surface area contributed by atoms with Crippen molar-refractivity contribution in [2.45, 2.75) is 18.7 Å². The first kappa shape index (κ1) is 28.2. The molecule has 4 N–H and O–H groups in total. The zero-order valence-electron chi connectivity index (χ0n) is 21.7. The van der Waals surface area contributed by atoms with E-state index < -0.39 is 17.9 Å². The molecule has 12 heteroatoms. The van der Waals surface area contributed by atoms with E-state index in [2.05, 4.69) is 15.0 Å². The van der Waals surface area contributed by atoms with E-state index >= 15 is 0 Å². The number of carboxylic acid groups (broad SMARTS) is 1. The monoisotopic (exact) mass is 577 g/mol. The second-order valence-electron chi connectivity index (χ2n) is 9.41. The summed E-state index contributed by atoms with van der Waals surface area (Å²) < 4.78 is 45.9. The Hall–Kier alpha value is -5.36. The van der Waals surface area contributed by atoms with Crippen LogP contribution in [0.5, 0.6) is 17.4 Å². The lowest BCUT2D eigenvalue weighted by atomic mass is 9.95. The number of fused-ring (bicyclic) bond motifs is 1. The summed E-state index contributed by atoms with van der Waals surface area (Å²) in [6.45, 7) is 0.661. The molecule has 1 unspecified atom stereocenters. The van der Waals surface area contributed by atoms with Gasteiger partial charge in [-0.15, -0.1) is 10.2 Å². The third-order valence-electron chi connectivity index (χ3n) is 6.69. The summed E-state index contributed by atoms with van der Waals surface area (Å²) in [5.41, 5.74) is -1.78. The number of azo groups is 1. The van der Waals surface area contributed by atoms with Gasteiger partial charge in [-0.1, -0.05) is 54.6 Å². The molecule has 5 rings (SSSR count). The molecule has 1 atom stereocenters. The average Bonchev–Trinajstić information content (AvgIpc) is 3.22. The van der Waals surface area contributed by atoms with Gasteiger partial charge in [0.25, 0.3) is 0 Å². The molecule has 0 aliphatic rings. The maximum absolute atomic E-state index is 13.3. The Kier molecular flexibility index (Phi) is 7.08. The SMILES string of the molecule is CC(O)(c1ccc(-n2c(O)c(N=Nc3cccc(-c4cccc(OC(=O)O)c4)c3O)c3ccccc32)cc1)C(F)(F)F. The number of aromatic hydroxyl groups is 2. The highest BCUT2D eigenvalue weighted by Gasteiger charge is 2.51. The third-order valence-corrected chi connectivity index (χ3v) is 6.69. The number of aliphatic hydroxyl groups is 1. The molecule has 0 amide bonds. The zero-order valence-corrected chi connectivity index (χ0v) is 21.7. The van der Waals surface area contributed by atoms with Crippen molar-refractivity contribution in [3.8, 4) is 34.2 Å². The van der Waals surface area contributed by atoms with Crippen LogP contribution in [0.2, 0.25) is 0 Å². The molecule has 0 aliphatic heterocycles. The van der Waals surface area contributed by atoms with E-state index in [1.807, 2.05) is 0 Å². The van der Waals surface area contributed by atoms with Crippen molar-refractivity contribution in [2.75, 3.05) is 0 Å². The summed E-state index contributed by atoms with van der Waals surface area (Å²) in [4.78, 5) is 10.9. The van der Waals surface area contributed by atoms with Gasteiger partial charge in [0.15, 0.2) is 17.0 Å².